The molecule has 5 saturated carbocycles. The van der Waals surface area contributed by atoms with Crippen LogP contribution in [0.15, 0.2) is 0 Å². The van der Waals surface area contributed by atoms with Crippen molar-refractivity contribution in [3.8, 4) is 0 Å². The van der Waals surface area contributed by atoms with Crippen molar-refractivity contribution in [3.05, 3.63) is 0 Å². The average Bonchev–Trinajstić information content (AvgIpc) is 3.70. The number of hydrogen-bond donors (Lipinski definition) is 3. The minimum absolute atomic E-state index is 0.0227. The quantitative estimate of drug-likeness (QED) is 0.373. The third kappa shape index (κ3) is 4.83. The monoisotopic (exact) mass is 687 g/mol. The minimum Gasteiger partial charge on any atom is -0.390 e. The Morgan fingerprint density at radius 2 is 1.65 bits per heavy atom. The molecule has 9 nitrogen and oxygen atoms in total. The largest absolute Gasteiger partial charge is 0.390 e. The number of amides is 1. The van der Waals surface area contributed by atoms with Gasteiger partial charge in [-0.05, 0) is 123 Å². The van der Waals surface area contributed by atoms with E-state index in [2.05, 4.69) is 34.6 Å². The zero-order valence-corrected chi connectivity index (χ0v) is 31.3. The van der Waals surface area contributed by atoms with E-state index in [-0.39, 0.29) is 69.2 Å². The summed E-state index contributed by atoms with van der Waals surface area (Å²) in [6, 6.07) is 0. The van der Waals surface area contributed by atoms with E-state index >= 15 is 0 Å². The van der Waals surface area contributed by atoms with E-state index in [0.717, 1.165) is 44.9 Å². The zero-order chi connectivity index (χ0) is 34.9. The molecule has 278 valence electrons. The molecule has 0 radical (unpaired) electrons. The van der Waals surface area contributed by atoms with Crippen LogP contribution in [-0.4, -0.2) is 101 Å². The molecule has 3 N–H and O–H groups in total. The van der Waals surface area contributed by atoms with E-state index in [1.165, 1.54) is 12.8 Å². The molecule has 2 spiro atoms. The fraction of sp³-hybridized carbons (Fsp3) is 0.975. The van der Waals surface area contributed by atoms with E-state index in [9.17, 15) is 20.1 Å². The molecule has 14 atom stereocenters. The van der Waals surface area contributed by atoms with Crippen LogP contribution >= 0.6 is 0 Å². The van der Waals surface area contributed by atoms with E-state index in [4.69, 9.17) is 18.9 Å². The predicted octanol–water partition coefficient (Wildman–Crippen LogP) is 4.93. The molecular weight excluding hydrogens is 622 g/mol. The molecule has 9 heteroatoms. The zero-order valence-electron chi connectivity index (χ0n) is 31.3. The predicted molar refractivity (Wildman–Crippen MR) is 183 cm³/mol. The molecule has 8 aliphatic rings. The number of aliphatic hydroxyl groups is 3. The van der Waals surface area contributed by atoms with Crippen molar-refractivity contribution in [1.29, 1.82) is 0 Å². The van der Waals surface area contributed by atoms with Crippen molar-refractivity contribution < 1.29 is 39.1 Å². The lowest BCUT2D eigenvalue weighted by molar-refractivity contribution is -0.248. The highest BCUT2D eigenvalue weighted by atomic mass is 16.7. The summed E-state index contributed by atoms with van der Waals surface area (Å²) in [6.45, 7) is 18.3. The summed E-state index contributed by atoms with van der Waals surface area (Å²) in [5, 5.41) is 34.2. The number of carbonyl (C=O) groups is 1. The third-order valence-corrected chi connectivity index (χ3v) is 17.1. The van der Waals surface area contributed by atoms with Gasteiger partial charge in [-0.15, -0.1) is 0 Å². The SMILES string of the molecule is C[C@@H]1CC([C@H](O)C(C)(C)O)OC2[C@H]1[C@@]1(C)CC[C@@]34C[C@@]35CCC(O[C@H]3CN(C(=O)C6CCOCC6)CCO3)C(C)(C)[C@@H]5CCC4[C@]1(C)[C@H]2O. The Morgan fingerprint density at radius 3 is 2.37 bits per heavy atom. The highest BCUT2D eigenvalue weighted by Crippen LogP contribution is 2.89. The first-order valence-corrected chi connectivity index (χ1v) is 19.9. The number of ether oxygens (including phenoxy) is 4. The molecule has 3 heterocycles. The normalized spacial score (nSPS) is 51.5. The molecule has 8 rings (SSSR count). The lowest BCUT2D eigenvalue weighted by atomic mass is 9.41. The van der Waals surface area contributed by atoms with Crippen LogP contribution in [0.2, 0.25) is 0 Å². The Balaban J connectivity index is 0.993. The molecule has 4 unspecified atom stereocenters. The summed E-state index contributed by atoms with van der Waals surface area (Å²) in [4.78, 5) is 15.3. The van der Waals surface area contributed by atoms with Gasteiger partial charge in [-0.1, -0.05) is 34.6 Å². The molecule has 0 aromatic carbocycles. The Kier molecular flexibility index (Phi) is 8.34. The molecule has 0 aromatic heterocycles. The first kappa shape index (κ1) is 35.2. The van der Waals surface area contributed by atoms with Gasteiger partial charge in [0.1, 0.15) is 6.10 Å². The van der Waals surface area contributed by atoms with Crippen molar-refractivity contribution >= 4 is 5.91 Å². The van der Waals surface area contributed by atoms with Crippen molar-refractivity contribution in [2.45, 2.75) is 155 Å². The van der Waals surface area contributed by atoms with E-state index in [0.29, 0.717) is 51.2 Å². The molecule has 0 bridgehead atoms. The standard InChI is InChI=1S/C40H65NO8/c1-23-20-25(32(42)36(4,5)45)48-31-30(23)37(6)14-15-40-22-39(40)13-10-28(35(2,3)26(39)8-9-27(40)38(37,7)33(31)43)49-29-21-41(16-19-47-29)34(44)24-11-17-46-18-12-24/h23-33,42-43,45H,8-22H2,1-7H3/t23-,25?,26+,27?,28?,29+,30+,31?,32+,33+,37-,38-,39-,40+/m1/s1. The second-order valence-corrected chi connectivity index (χ2v) is 19.7. The van der Waals surface area contributed by atoms with Gasteiger partial charge in [-0.25, -0.2) is 0 Å². The fourth-order valence-corrected chi connectivity index (χ4v) is 14.5. The molecular formula is C40H65NO8. The van der Waals surface area contributed by atoms with Crippen molar-refractivity contribution in [2.75, 3.05) is 32.9 Å². The van der Waals surface area contributed by atoms with Gasteiger partial charge in [0.05, 0.1) is 43.2 Å². The summed E-state index contributed by atoms with van der Waals surface area (Å²) < 4.78 is 25.2. The Labute approximate surface area is 294 Å². The van der Waals surface area contributed by atoms with Crippen LogP contribution in [-0.2, 0) is 23.7 Å². The topological polar surface area (TPSA) is 118 Å². The van der Waals surface area contributed by atoms with Crippen molar-refractivity contribution in [3.63, 3.8) is 0 Å². The minimum atomic E-state index is -1.26. The Bertz CT molecular complexity index is 1300. The number of rotatable bonds is 5. The third-order valence-electron chi connectivity index (χ3n) is 17.1. The number of nitrogens with zero attached hydrogens (tertiary/aromatic N) is 1. The first-order chi connectivity index (χ1) is 23.0. The van der Waals surface area contributed by atoms with Crippen molar-refractivity contribution in [1.82, 2.24) is 4.90 Å². The second kappa shape index (κ2) is 11.6. The number of carbonyl (C=O) groups excluding carboxylic acids is 1. The van der Waals surface area contributed by atoms with Gasteiger partial charge in [-0.2, -0.15) is 0 Å². The maximum absolute atomic E-state index is 13.3. The van der Waals surface area contributed by atoms with E-state index in [1.807, 2.05) is 4.90 Å². The summed E-state index contributed by atoms with van der Waals surface area (Å²) in [5.74, 6) is 1.79. The van der Waals surface area contributed by atoms with Gasteiger partial charge >= 0.3 is 0 Å². The Hall–Kier alpha value is -0.810. The lowest BCUT2D eigenvalue weighted by Crippen LogP contribution is -2.60. The second-order valence-electron chi connectivity index (χ2n) is 19.7. The van der Waals surface area contributed by atoms with Crippen molar-refractivity contribution in [2.24, 2.45) is 56.7 Å². The number of hydrogen-bond acceptors (Lipinski definition) is 8. The van der Waals surface area contributed by atoms with Gasteiger partial charge < -0.3 is 39.2 Å². The number of fused-ring (bicyclic) bond motifs is 4. The van der Waals surface area contributed by atoms with Crippen LogP contribution in [0.1, 0.15) is 113 Å². The molecule has 8 fully saturated rings. The number of aliphatic hydroxyl groups excluding tert-OH is 2. The molecule has 5 aliphatic carbocycles. The first-order valence-electron chi connectivity index (χ1n) is 19.9. The van der Waals surface area contributed by atoms with Crippen LogP contribution in [0, 0.1) is 56.7 Å². The summed E-state index contributed by atoms with van der Waals surface area (Å²) in [6.07, 6.45) is 7.61. The van der Waals surface area contributed by atoms with Crippen LogP contribution < -0.4 is 0 Å². The number of morpholine rings is 1. The van der Waals surface area contributed by atoms with E-state index in [1.54, 1.807) is 13.8 Å². The smallest absolute Gasteiger partial charge is 0.226 e. The van der Waals surface area contributed by atoms with Gasteiger partial charge in [-0.3, -0.25) is 4.79 Å². The summed E-state index contributed by atoms with van der Waals surface area (Å²) in [5.41, 5.74) is -1.08. The van der Waals surface area contributed by atoms with Gasteiger partial charge in [0.2, 0.25) is 5.91 Å². The lowest BCUT2D eigenvalue weighted by Gasteiger charge is -2.64. The average molecular weight is 688 g/mol. The Morgan fingerprint density at radius 1 is 0.959 bits per heavy atom. The molecule has 0 aromatic rings. The summed E-state index contributed by atoms with van der Waals surface area (Å²) >= 11 is 0. The van der Waals surface area contributed by atoms with Crippen LogP contribution in [0.25, 0.3) is 0 Å². The summed E-state index contributed by atoms with van der Waals surface area (Å²) in [7, 11) is 0. The van der Waals surface area contributed by atoms with Crippen LogP contribution in [0.3, 0.4) is 0 Å². The maximum Gasteiger partial charge on any atom is 0.226 e. The maximum atomic E-state index is 13.3. The highest BCUT2D eigenvalue weighted by Gasteiger charge is 2.84. The van der Waals surface area contributed by atoms with Gasteiger partial charge in [0.15, 0.2) is 6.29 Å². The van der Waals surface area contributed by atoms with Gasteiger partial charge in [0.25, 0.3) is 0 Å². The molecule has 3 saturated heterocycles. The molecule has 49 heavy (non-hydrogen) atoms. The van der Waals surface area contributed by atoms with Gasteiger partial charge in [0, 0.05) is 31.1 Å². The highest BCUT2D eigenvalue weighted by molar-refractivity contribution is 5.79. The van der Waals surface area contributed by atoms with Crippen LogP contribution in [0.5, 0.6) is 0 Å². The molecule has 3 aliphatic heterocycles. The molecule has 1 amide bonds. The van der Waals surface area contributed by atoms with Crippen LogP contribution in [0.4, 0.5) is 0 Å². The van der Waals surface area contributed by atoms with E-state index < -0.39 is 23.9 Å². The fourth-order valence-electron chi connectivity index (χ4n) is 14.5.